The summed E-state index contributed by atoms with van der Waals surface area (Å²) >= 11 is 0. The Morgan fingerprint density at radius 2 is 1.78 bits per heavy atom. The van der Waals surface area contributed by atoms with Gasteiger partial charge in [0.15, 0.2) is 5.75 Å². The Kier molecular flexibility index (Phi) is 5.35. The summed E-state index contributed by atoms with van der Waals surface area (Å²) in [7, 11) is 0. The quantitative estimate of drug-likeness (QED) is 0.510. The Balaban J connectivity index is 1.77. The van der Waals surface area contributed by atoms with E-state index in [1.54, 1.807) is 24.3 Å². The number of hydrogen-bond acceptors (Lipinski definition) is 4. The highest BCUT2D eigenvalue weighted by Gasteiger charge is 2.23. The maximum absolute atomic E-state index is 12.5. The van der Waals surface area contributed by atoms with Crippen molar-refractivity contribution in [1.82, 2.24) is 4.98 Å². The van der Waals surface area contributed by atoms with E-state index in [-0.39, 0.29) is 23.1 Å². The second-order valence-corrected chi connectivity index (χ2v) is 6.67. The van der Waals surface area contributed by atoms with Crippen LogP contribution in [0.5, 0.6) is 23.1 Å². The second kappa shape index (κ2) is 7.86. The van der Waals surface area contributed by atoms with Gasteiger partial charge < -0.3 is 25.3 Å². The molecule has 0 saturated carbocycles. The number of aromatic amines is 1. The Morgan fingerprint density at radius 3 is 2.48 bits per heavy atom. The number of ether oxygens (including phenoxy) is 1. The molecule has 0 radical (unpaired) electrons. The molecule has 0 bridgehead atoms. The molecular weight excluding hydrogens is 344 g/mol. The minimum atomic E-state index is -0.604. The zero-order chi connectivity index (χ0) is 19.4. The molecule has 0 atom stereocenters. The molecule has 6 heteroatoms. The molecule has 1 aromatic heterocycles. The molecular formula is C21H22N2O4. The first-order valence-electron chi connectivity index (χ1n) is 8.71. The lowest BCUT2D eigenvalue weighted by atomic mass is 10.1. The van der Waals surface area contributed by atoms with Crippen molar-refractivity contribution in [2.24, 2.45) is 5.92 Å². The van der Waals surface area contributed by atoms with Crippen molar-refractivity contribution in [2.45, 2.75) is 20.3 Å². The summed E-state index contributed by atoms with van der Waals surface area (Å²) < 4.78 is 5.75. The van der Waals surface area contributed by atoms with Crippen molar-refractivity contribution in [2.75, 3.05) is 5.32 Å². The van der Waals surface area contributed by atoms with E-state index >= 15 is 0 Å². The lowest BCUT2D eigenvalue weighted by molar-refractivity contribution is 0.102. The van der Waals surface area contributed by atoms with Crippen LogP contribution in [0, 0.1) is 5.92 Å². The Labute approximate surface area is 157 Å². The van der Waals surface area contributed by atoms with Gasteiger partial charge in [-0.25, -0.2) is 0 Å². The van der Waals surface area contributed by atoms with Gasteiger partial charge >= 0.3 is 0 Å². The number of aromatic hydroxyl groups is 2. The van der Waals surface area contributed by atoms with Gasteiger partial charge in [0.25, 0.3) is 5.91 Å². The van der Waals surface area contributed by atoms with Crippen LogP contribution in [0.25, 0.3) is 0 Å². The molecule has 0 saturated heterocycles. The fourth-order valence-corrected chi connectivity index (χ4v) is 2.75. The fraction of sp³-hybridized carbons (Fsp3) is 0.190. The van der Waals surface area contributed by atoms with Gasteiger partial charge in [-0.1, -0.05) is 38.1 Å². The van der Waals surface area contributed by atoms with Crippen LogP contribution in [-0.4, -0.2) is 21.1 Å². The molecule has 27 heavy (non-hydrogen) atoms. The Hall–Kier alpha value is -3.41. The van der Waals surface area contributed by atoms with E-state index in [2.05, 4.69) is 10.3 Å². The predicted molar refractivity (Wildman–Crippen MR) is 104 cm³/mol. The van der Waals surface area contributed by atoms with Crippen LogP contribution in [0.4, 0.5) is 5.69 Å². The summed E-state index contributed by atoms with van der Waals surface area (Å²) in [5.41, 5.74) is 0.757. The number of para-hydroxylation sites is 1. The molecule has 4 N–H and O–H groups in total. The maximum atomic E-state index is 12.5. The molecule has 0 unspecified atom stereocenters. The smallest absolute Gasteiger partial charge is 0.264 e. The minimum Gasteiger partial charge on any atom is -0.505 e. The first kappa shape index (κ1) is 18.4. The molecule has 0 aliphatic carbocycles. The Morgan fingerprint density at radius 1 is 1.07 bits per heavy atom. The summed E-state index contributed by atoms with van der Waals surface area (Å²) in [6.45, 7) is 3.96. The molecule has 1 heterocycles. The van der Waals surface area contributed by atoms with Gasteiger partial charge in [-0.15, -0.1) is 0 Å². The van der Waals surface area contributed by atoms with Crippen LogP contribution in [0.3, 0.4) is 0 Å². The van der Waals surface area contributed by atoms with E-state index in [4.69, 9.17) is 4.74 Å². The molecule has 140 valence electrons. The van der Waals surface area contributed by atoms with Crippen LogP contribution in [-0.2, 0) is 6.42 Å². The number of amides is 1. The van der Waals surface area contributed by atoms with Crippen molar-refractivity contribution in [3.63, 3.8) is 0 Å². The van der Waals surface area contributed by atoms with E-state index in [0.29, 0.717) is 29.3 Å². The van der Waals surface area contributed by atoms with Crippen molar-refractivity contribution in [1.29, 1.82) is 0 Å². The average molecular weight is 366 g/mol. The number of carbonyl (C=O) groups excluding carboxylic acids is 1. The van der Waals surface area contributed by atoms with Gasteiger partial charge in [0, 0.05) is 11.8 Å². The zero-order valence-electron chi connectivity index (χ0n) is 15.2. The number of anilines is 1. The van der Waals surface area contributed by atoms with E-state index in [1.807, 2.05) is 44.2 Å². The predicted octanol–water partition coefficient (Wildman–Crippen LogP) is 4.67. The average Bonchev–Trinajstić information content (AvgIpc) is 2.89. The van der Waals surface area contributed by atoms with Crippen molar-refractivity contribution < 1.29 is 19.7 Å². The van der Waals surface area contributed by atoms with Crippen LogP contribution < -0.4 is 10.1 Å². The fourth-order valence-electron chi connectivity index (χ4n) is 2.75. The first-order chi connectivity index (χ1) is 12.9. The molecule has 0 spiro atoms. The number of rotatable bonds is 6. The van der Waals surface area contributed by atoms with Gasteiger partial charge in [-0.3, -0.25) is 4.79 Å². The molecule has 6 nitrogen and oxygen atoms in total. The van der Waals surface area contributed by atoms with Crippen LogP contribution >= 0.6 is 0 Å². The van der Waals surface area contributed by atoms with Crippen molar-refractivity contribution >= 4 is 11.6 Å². The van der Waals surface area contributed by atoms with Gasteiger partial charge in [-0.05, 0) is 36.6 Å². The maximum Gasteiger partial charge on any atom is 0.264 e. The van der Waals surface area contributed by atoms with Gasteiger partial charge in [0.1, 0.15) is 17.1 Å². The minimum absolute atomic E-state index is 0.167. The lowest BCUT2D eigenvalue weighted by Gasteiger charge is -2.09. The molecule has 0 aliphatic heterocycles. The molecule has 2 aromatic carbocycles. The molecule has 0 fully saturated rings. The largest absolute Gasteiger partial charge is 0.505 e. The molecule has 3 rings (SSSR count). The summed E-state index contributed by atoms with van der Waals surface area (Å²) in [4.78, 5) is 15.2. The van der Waals surface area contributed by atoms with E-state index in [9.17, 15) is 15.0 Å². The Bertz CT molecular complexity index is 933. The third-order valence-corrected chi connectivity index (χ3v) is 3.94. The zero-order valence-corrected chi connectivity index (χ0v) is 15.2. The second-order valence-electron chi connectivity index (χ2n) is 6.67. The SMILES string of the molecule is CC(C)Cc1[nH]c(O)c(C(=O)Nc2cccc(Oc3ccccc3)c2)c1O. The summed E-state index contributed by atoms with van der Waals surface area (Å²) in [6.07, 6.45) is 0.521. The normalized spacial score (nSPS) is 10.8. The van der Waals surface area contributed by atoms with Crippen LogP contribution in [0.15, 0.2) is 54.6 Å². The summed E-state index contributed by atoms with van der Waals surface area (Å²) in [6, 6.07) is 16.2. The van der Waals surface area contributed by atoms with Gasteiger partial charge in [0.2, 0.25) is 5.88 Å². The van der Waals surface area contributed by atoms with Crippen molar-refractivity contribution in [3.8, 4) is 23.1 Å². The molecule has 0 aliphatic rings. The van der Waals surface area contributed by atoms with Gasteiger partial charge in [0.05, 0.1) is 5.69 Å². The molecule has 1 amide bonds. The number of hydrogen-bond donors (Lipinski definition) is 4. The van der Waals surface area contributed by atoms with Gasteiger partial charge in [-0.2, -0.15) is 0 Å². The monoisotopic (exact) mass is 366 g/mol. The summed E-state index contributed by atoms with van der Waals surface area (Å²) in [5.74, 6) is 0.319. The highest BCUT2D eigenvalue weighted by molar-refractivity contribution is 6.08. The number of benzene rings is 2. The van der Waals surface area contributed by atoms with Crippen LogP contribution in [0.2, 0.25) is 0 Å². The number of H-pyrrole nitrogens is 1. The summed E-state index contributed by atoms with van der Waals surface area (Å²) in [5, 5.41) is 23.0. The number of aromatic nitrogens is 1. The topological polar surface area (TPSA) is 94.6 Å². The highest BCUT2D eigenvalue weighted by atomic mass is 16.5. The lowest BCUT2D eigenvalue weighted by Crippen LogP contribution is -2.11. The van der Waals surface area contributed by atoms with E-state index in [0.717, 1.165) is 0 Å². The molecule has 3 aromatic rings. The third-order valence-electron chi connectivity index (χ3n) is 3.94. The van der Waals surface area contributed by atoms with E-state index < -0.39 is 5.91 Å². The highest BCUT2D eigenvalue weighted by Crippen LogP contribution is 2.33. The van der Waals surface area contributed by atoms with Crippen LogP contribution in [0.1, 0.15) is 29.9 Å². The van der Waals surface area contributed by atoms with Crippen molar-refractivity contribution in [3.05, 3.63) is 65.9 Å². The van der Waals surface area contributed by atoms with E-state index in [1.165, 1.54) is 0 Å². The first-order valence-corrected chi connectivity index (χ1v) is 8.71. The number of carbonyl (C=O) groups is 1. The third kappa shape index (κ3) is 4.41. The number of nitrogens with one attached hydrogen (secondary N) is 2. The standard InChI is InChI=1S/C21H22N2O4/c1-13(2)11-17-19(24)18(21(26)23-17)20(25)22-14-7-6-10-16(12-14)27-15-8-4-3-5-9-15/h3-10,12-13,23-24,26H,11H2,1-2H3,(H,22,25).